The molecule has 0 saturated carbocycles. The zero-order valence-corrected chi connectivity index (χ0v) is 14.7. The first kappa shape index (κ1) is 17.6. The number of piperidine rings is 2. The van der Waals surface area contributed by atoms with E-state index in [4.69, 9.17) is 14.8 Å². The molecule has 0 N–H and O–H groups in total. The van der Waals surface area contributed by atoms with Gasteiger partial charge in [-0.1, -0.05) is 0 Å². The van der Waals surface area contributed by atoms with E-state index in [0.717, 1.165) is 51.9 Å². The van der Waals surface area contributed by atoms with Crippen LogP contribution in [0.3, 0.4) is 0 Å². The van der Waals surface area contributed by atoms with Gasteiger partial charge in [0.15, 0.2) is 5.75 Å². The number of carbonyl (C=O) groups is 1. The number of carbonyl (C=O) groups excluding carboxylic acids is 1. The van der Waals surface area contributed by atoms with Crippen LogP contribution in [0.5, 0.6) is 11.5 Å². The predicted molar refractivity (Wildman–Crippen MR) is 93.3 cm³/mol. The highest BCUT2D eigenvalue weighted by Crippen LogP contribution is 2.28. The third kappa shape index (κ3) is 4.23. The number of hydrogen-bond donors (Lipinski definition) is 0. The fourth-order valence-electron chi connectivity index (χ4n) is 3.40. The number of ether oxygens (including phenoxy) is 1. The first-order chi connectivity index (χ1) is 12.2. The Balaban J connectivity index is 1.67. The number of methoxy groups -OCH3 is 1. The molecular formula is C19H25N3O3. The zero-order valence-electron chi connectivity index (χ0n) is 14.7. The molecule has 2 aliphatic heterocycles. The number of amides is 1. The van der Waals surface area contributed by atoms with Gasteiger partial charge >= 0.3 is 0 Å². The molecular weight excluding hydrogens is 318 g/mol. The van der Waals surface area contributed by atoms with E-state index in [9.17, 15) is 4.79 Å². The van der Waals surface area contributed by atoms with Crippen LogP contribution >= 0.6 is 0 Å². The summed E-state index contributed by atoms with van der Waals surface area (Å²) in [5.74, 6) is 1.35. The lowest BCUT2D eigenvalue weighted by Gasteiger charge is -2.29. The van der Waals surface area contributed by atoms with Crippen molar-refractivity contribution in [3.8, 4) is 17.6 Å². The highest BCUT2D eigenvalue weighted by molar-refractivity contribution is 5.97. The molecule has 2 fully saturated rings. The predicted octanol–water partition coefficient (Wildman–Crippen LogP) is 2.85. The minimum Gasteiger partial charge on any atom is -0.496 e. The summed E-state index contributed by atoms with van der Waals surface area (Å²) >= 11 is 0. The van der Waals surface area contributed by atoms with Crippen LogP contribution in [-0.4, -0.2) is 49.2 Å². The first-order valence-electron chi connectivity index (χ1n) is 9.01. The maximum absolute atomic E-state index is 12.7. The Kier molecular flexibility index (Phi) is 5.77. The van der Waals surface area contributed by atoms with Crippen molar-refractivity contribution in [1.82, 2.24) is 9.96 Å². The summed E-state index contributed by atoms with van der Waals surface area (Å²) in [7, 11) is 1.57. The lowest BCUT2D eigenvalue weighted by Crippen LogP contribution is -2.36. The van der Waals surface area contributed by atoms with Gasteiger partial charge in [0, 0.05) is 38.2 Å². The molecule has 0 bridgehead atoms. The summed E-state index contributed by atoms with van der Waals surface area (Å²) in [6, 6.07) is 7.69. The van der Waals surface area contributed by atoms with Crippen molar-refractivity contribution < 1.29 is 14.4 Å². The summed E-state index contributed by atoms with van der Waals surface area (Å²) in [4.78, 5) is 20.5. The average Bonchev–Trinajstić information content (AvgIpc) is 2.68. The highest BCUT2D eigenvalue weighted by atomic mass is 16.7. The van der Waals surface area contributed by atoms with Crippen molar-refractivity contribution in [2.75, 3.05) is 33.3 Å². The van der Waals surface area contributed by atoms with E-state index in [-0.39, 0.29) is 11.8 Å². The maximum atomic E-state index is 12.7. The number of benzene rings is 1. The number of nitriles is 1. The Bertz CT molecular complexity index is 642. The molecule has 1 aromatic rings. The molecule has 0 spiro atoms. The Morgan fingerprint density at radius 2 is 1.88 bits per heavy atom. The molecule has 6 nitrogen and oxygen atoms in total. The van der Waals surface area contributed by atoms with E-state index in [1.54, 1.807) is 19.2 Å². The molecule has 134 valence electrons. The lowest BCUT2D eigenvalue weighted by atomic mass is 10.0. The Hall–Kier alpha value is -2.26. The Morgan fingerprint density at radius 1 is 1.16 bits per heavy atom. The quantitative estimate of drug-likeness (QED) is 0.841. The molecule has 2 saturated heterocycles. The van der Waals surface area contributed by atoms with Gasteiger partial charge < -0.3 is 14.5 Å². The van der Waals surface area contributed by atoms with Crippen LogP contribution in [0.15, 0.2) is 18.2 Å². The lowest BCUT2D eigenvalue weighted by molar-refractivity contribution is -0.0775. The number of hydrogen-bond acceptors (Lipinski definition) is 5. The standard InChI is InChI=1S/C19H25N3O3/c1-24-18-13-16(25-22-11-7-15(14-20)8-12-22)5-6-17(18)19(23)21-9-3-2-4-10-21/h5-6,13,15H,2-4,7-12H2,1H3. The van der Waals surface area contributed by atoms with Crippen LogP contribution in [0, 0.1) is 17.2 Å². The smallest absolute Gasteiger partial charge is 0.257 e. The van der Waals surface area contributed by atoms with Gasteiger partial charge in [-0.05, 0) is 44.2 Å². The van der Waals surface area contributed by atoms with Crippen molar-refractivity contribution in [1.29, 1.82) is 5.26 Å². The van der Waals surface area contributed by atoms with Gasteiger partial charge in [0.05, 0.1) is 18.7 Å². The molecule has 0 atom stereocenters. The number of hydroxylamine groups is 2. The third-order valence-electron chi connectivity index (χ3n) is 4.92. The summed E-state index contributed by atoms with van der Waals surface area (Å²) in [5, 5.41) is 10.8. The van der Waals surface area contributed by atoms with Crippen molar-refractivity contribution in [2.24, 2.45) is 5.92 Å². The van der Waals surface area contributed by atoms with Crippen LogP contribution < -0.4 is 9.57 Å². The van der Waals surface area contributed by atoms with Crippen LogP contribution in [0.2, 0.25) is 0 Å². The van der Waals surface area contributed by atoms with Gasteiger partial charge in [0.25, 0.3) is 5.91 Å². The summed E-state index contributed by atoms with van der Waals surface area (Å²) < 4.78 is 5.43. The summed E-state index contributed by atoms with van der Waals surface area (Å²) in [6.07, 6.45) is 4.95. The molecule has 0 aromatic heterocycles. The topological polar surface area (TPSA) is 65.8 Å². The van der Waals surface area contributed by atoms with Crippen LogP contribution in [0.4, 0.5) is 0 Å². The van der Waals surface area contributed by atoms with Crippen LogP contribution in [0.1, 0.15) is 42.5 Å². The third-order valence-corrected chi connectivity index (χ3v) is 4.92. The fourth-order valence-corrected chi connectivity index (χ4v) is 3.40. The first-order valence-corrected chi connectivity index (χ1v) is 9.01. The molecule has 2 heterocycles. The maximum Gasteiger partial charge on any atom is 0.257 e. The van der Waals surface area contributed by atoms with Crippen molar-refractivity contribution in [3.63, 3.8) is 0 Å². The van der Waals surface area contributed by atoms with E-state index in [1.165, 1.54) is 6.42 Å². The van der Waals surface area contributed by atoms with Gasteiger partial charge in [-0.3, -0.25) is 4.79 Å². The second-order valence-electron chi connectivity index (χ2n) is 6.64. The average molecular weight is 343 g/mol. The van der Waals surface area contributed by atoms with Crippen molar-refractivity contribution in [3.05, 3.63) is 23.8 Å². The van der Waals surface area contributed by atoms with Crippen LogP contribution in [0.25, 0.3) is 0 Å². The van der Waals surface area contributed by atoms with Crippen LogP contribution in [-0.2, 0) is 0 Å². The second-order valence-corrected chi connectivity index (χ2v) is 6.64. The highest BCUT2D eigenvalue weighted by Gasteiger charge is 2.23. The monoisotopic (exact) mass is 343 g/mol. The molecule has 1 amide bonds. The van der Waals surface area contributed by atoms with E-state index < -0.39 is 0 Å². The van der Waals surface area contributed by atoms with Gasteiger partial charge in [0.2, 0.25) is 0 Å². The Morgan fingerprint density at radius 3 is 2.52 bits per heavy atom. The van der Waals surface area contributed by atoms with Gasteiger partial charge in [-0.25, -0.2) is 0 Å². The SMILES string of the molecule is COc1cc(ON2CCC(C#N)CC2)ccc1C(=O)N1CCCCC1. The fraction of sp³-hybridized carbons (Fsp3) is 0.579. The number of likely N-dealkylation sites (tertiary alicyclic amines) is 1. The van der Waals surface area contributed by atoms with Gasteiger partial charge in [-0.15, -0.1) is 5.06 Å². The van der Waals surface area contributed by atoms with E-state index >= 15 is 0 Å². The summed E-state index contributed by atoms with van der Waals surface area (Å²) in [5.41, 5.74) is 0.583. The van der Waals surface area contributed by atoms with E-state index in [1.807, 2.05) is 16.0 Å². The molecule has 0 unspecified atom stereocenters. The minimum absolute atomic E-state index is 0.0259. The summed E-state index contributed by atoms with van der Waals surface area (Å²) in [6.45, 7) is 3.09. The number of nitrogens with zero attached hydrogens (tertiary/aromatic N) is 3. The largest absolute Gasteiger partial charge is 0.496 e. The molecule has 0 radical (unpaired) electrons. The van der Waals surface area contributed by atoms with E-state index in [0.29, 0.717) is 17.1 Å². The minimum atomic E-state index is 0.0259. The van der Waals surface area contributed by atoms with E-state index in [2.05, 4.69) is 6.07 Å². The molecule has 3 rings (SSSR count). The van der Waals surface area contributed by atoms with Crippen molar-refractivity contribution >= 4 is 5.91 Å². The zero-order chi connectivity index (χ0) is 17.6. The molecule has 6 heteroatoms. The number of rotatable bonds is 4. The molecule has 0 aliphatic carbocycles. The molecule has 25 heavy (non-hydrogen) atoms. The molecule has 2 aliphatic rings. The van der Waals surface area contributed by atoms with Gasteiger partial charge in [-0.2, -0.15) is 5.26 Å². The second kappa shape index (κ2) is 8.21. The van der Waals surface area contributed by atoms with Crippen molar-refractivity contribution in [2.45, 2.75) is 32.1 Å². The Labute approximate surface area is 148 Å². The van der Waals surface area contributed by atoms with Gasteiger partial charge in [0.1, 0.15) is 5.75 Å². The normalized spacial score (nSPS) is 19.3. The molecule has 1 aromatic carbocycles.